The molecule has 2 N–H and O–H groups in total. The number of benzene rings is 1. The van der Waals surface area contributed by atoms with Crippen molar-refractivity contribution in [3.63, 3.8) is 0 Å². The Labute approximate surface area is 78.0 Å². The largest absolute Gasteiger partial charge is 0.494 e. The summed E-state index contributed by atoms with van der Waals surface area (Å²) in [4.78, 5) is 0. The van der Waals surface area contributed by atoms with Crippen molar-refractivity contribution in [3.05, 3.63) is 29.3 Å². The third-order valence-electron chi connectivity index (χ3n) is 2.12. The van der Waals surface area contributed by atoms with Crippen molar-refractivity contribution in [2.45, 2.75) is 6.42 Å². The first-order valence-electron chi connectivity index (χ1n) is 4.55. The van der Waals surface area contributed by atoms with Gasteiger partial charge in [0.1, 0.15) is 5.75 Å². The topological polar surface area (TPSA) is 35.2 Å². The fourth-order valence-electron chi connectivity index (χ4n) is 1.30. The Bertz CT molecular complexity index is 331. The van der Waals surface area contributed by atoms with Crippen LogP contribution in [0.3, 0.4) is 0 Å². The molecule has 0 heterocycles. The summed E-state index contributed by atoms with van der Waals surface area (Å²) in [6.45, 7) is 1.39. The fourth-order valence-corrected chi connectivity index (χ4v) is 1.30. The van der Waals surface area contributed by atoms with E-state index in [4.69, 9.17) is 10.5 Å². The van der Waals surface area contributed by atoms with Gasteiger partial charge in [-0.25, -0.2) is 0 Å². The molecule has 2 heteroatoms. The predicted octanol–water partition coefficient (Wildman–Crippen LogP) is 1.90. The van der Waals surface area contributed by atoms with Crippen LogP contribution < -0.4 is 10.5 Å². The molecule has 1 aliphatic carbocycles. The lowest BCUT2D eigenvalue weighted by Gasteiger charge is -2.12. The molecule has 13 heavy (non-hydrogen) atoms. The molecule has 68 valence electrons. The van der Waals surface area contributed by atoms with Crippen molar-refractivity contribution < 1.29 is 4.74 Å². The van der Waals surface area contributed by atoms with Gasteiger partial charge in [0.25, 0.3) is 0 Å². The Morgan fingerprint density at radius 2 is 2.00 bits per heavy atom. The highest BCUT2D eigenvalue weighted by molar-refractivity contribution is 5.86. The molecule has 0 saturated heterocycles. The number of rotatable bonds is 4. The zero-order valence-electron chi connectivity index (χ0n) is 7.49. The van der Waals surface area contributed by atoms with Crippen molar-refractivity contribution in [1.29, 1.82) is 0 Å². The summed E-state index contributed by atoms with van der Waals surface area (Å²) in [7, 11) is 0. The first-order chi connectivity index (χ1) is 6.40. The van der Waals surface area contributed by atoms with Crippen molar-refractivity contribution >= 4 is 12.2 Å². The van der Waals surface area contributed by atoms with Crippen LogP contribution in [-0.4, -0.2) is 13.2 Å². The maximum atomic E-state index is 5.50. The van der Waals surface area contributed by atoms with Gasteiger partial charge in [-0.3, -0.25) is 0 Å². The second-order valence-electron chi connectivity index (χ2n) is 3.11. The summed E-state index contributed by atoms with van der Waals surface area (Å²) in [5, 5.41) is 0. The minimum Gasteiger partial charge on any atom is -0.494 e. The molecule has 0 bridgehead atoms. The van der Waals surface area contributed by atoms with Crippen LogP contribution in [0, 0.1) is 0 Å². The Kier molecular flexibility index (Phi) is 2.32. The van der Waals surface area contributed by atoms with Gasteiger partial charge in [0.05, 0.1) is 6.61 Å². The van der Waals surface area contributed by atoms with E-state index in [1.165, 1.54) is 11.1 Å². The molecule has 0 aromatic heterocycles. The van der Waals surface area contributed by atoms with E-state index < -0.39 is 0 Å². The lowest BCUT2D eigenvalue weighted by atomic mass is 9.98. The van der Waals surface area contributed by atoms with Crippen molar-refractivity contribution in [3.8, 4) is 5.75 Å². The normalized spacial score (nSPS) is 12.1. The van der Waals surface area contributed by atoms with Gasteiger partial charge in [0.2, 0.25) is 0 Å². The smallest absolute Gasteiger partial charge is 0.119 e. The van der Waals surface area contributed by atoms with Gasteiger partial charge in [0, 0.05) is 0 Å². The van der Waals surface area contributed by atoms with E-state index in [1.54, 1.807) is 0 Å². The Balaban J connectivity index is 1.95. The molecule has 0 unspecified atom stereocenters. The Hall–Kier alpha value is -1.28. The molecular formula is C11H13NO. The second kappa shape index (κ2) is 3.62. The van der Waals surface area contributed by atoms with Crippen LogP contribution in [-0.2, 0) is 0 Å². The summed E-state index contributed by atoms with van der Waals surface area (Å²) in [5.41, 5.74) is 7.93. The zero-order valence-corrected chi connectivity index (χ0v) is 7.49. The monoisotopic (exact) mass is 175 g/mol. The second-order valence-corrected chi connectivity index (χ2v) is 3.11. The van der Waals surface area contributed by atoms with Crippen LogP contribution in [0.25, 0.3) is 12.2 Å². The summed E-state index contributed by atoms with van der Waals surface area (Å²) in [5.74, 6) is 0.941. The third kappa shape index (κ3) is 1.73. The molecule has 0 aliphatic heterocycles. The molecular weight excluding hydrogens is 162 g/mol. The van der Waals surface area contributed by atoms with E-state index >= 15 is 0 Å². The van der Waals surface area contributed by atoms with E-state index in [0.29, 0.717) is 13.2 Å². The lowest BCUT2D eigenvalue weighted by Crippen LogP contribution is -2.06. The molecule has 1 aliphatic rings. The molecule has 0 fully saturated rings. The maximum absolute atomic E-state index is 5.50. The first kappa shape index (κ1) is 8.32. The average Bonchev–Trinajstić information content (AvgIpc) is 2.10. The van der Waals surface area contributed by atoms with Gasteiger partial charge in [-0.05, 0) is 36.2 Å². The molecule has 0 radical (unpaired) electrons. The van der Waals surface area contributed by atoms with Gasteiger partial charge < -0.3 is 10.5 Å². The van der Waals surface area contributed by atoms with Crippen LogP contribution in [0.15, 0.2) is 18.2 Å². The number of hydrogen-bond donors (Lipinski definition) is 1. The molecule has 1 aromatic carbocycles. The Morgan fingerprint density at radius 1 is 1.15 bits per heavy atom. The highest BCUT2D eigenvalue weighted by Crippen LogP contribution is 2.27. The minimum atomic E-state index is 0.685. The number of ether oxygens (including phenoxy) is 1. The van der Waals surface area contributed by atoms with Gasteiger partial charge in [-0.2, -0.15) is 0 Å². The SMILES string of the molecule is NCCCOc1ccc2c(c1)C=C2. The van der Waals surface area contributed by atoms with Crippen LogP contribution in [0.5, 0.6) is 5.75 Å². The van der Waals surface area contributed by atoms with Crippen LogP contribution in [0.1, 0.15) is 17.5 Å². The van der Waals surface area contributed by atoms with Gasteiger partial charge in [-0.15, -0.1) is 0 Å². The van der Waals surface area contributed by atoms with Gasteiger partial charge in [0.15, 0.2) is 0 Å². The minimum absolute atomic E-state index is 0.685. The molecule has 2 rings (SSSR count). The standard InChI is InChI=1S/C11H13NO/c12-6-1-7-13-11-5-4-9-2-3-10(9)8-11/h2-5,8H,1,6-7,12H2. The van der Waals surface area contributed by atoms with E-state index in [1.807, 2.05) is 6.07 Å². The average molecular weight is 175 g/mol. The van der Waals surface area contributed by atoms with E-state index in [-0.39, 0.29) is 0 Å². The third-order valence-corrected chi connectivity index (χ3v) is 2.12. The molecule has 2 nitrogen and oxygen atoms in total. The quantitative estimate of drug-likeness (QED) is 0.720. The number of nitrogens with two attached hydrogens (primary N) is 1. The van der Waals surface area contributed by atoms with E-state index in [0.717, 1.165) is 12.2 Å². The zero-order chi connectivity index (χ0) is 9.10. The summed E-state index contributed by atoms with van der Waals surface area (Å²) in [6, 6.07) is 6.14. The highest BCUT2D eigenvalue weighted by atomic mass is 16.5. The van der Waals surface area contributed by atoms with E-state index in [2.05, 4.69) is 24.3 Å². The molecule has 0 atom stereocenters. The van der Waals surface area contributed by atoms with Crippen molar-refractivity contribution in [1.82, 2.24) is 0 Å². The summed E-state index contributed by atoms with van der Waals surface area (Å²) >= 11 is 0. The fraction of sp³-hybridized carbons (Fsp3) is 0.273. The first-order valence-corrected chi connectivity index (χ1v) is 4.55. The number of fused-ring (bicyclic) bond motifs is 1. The van der Waals surface area contributed by atoms with Crippen molar-refractivity contribution in [2.24, 2.45) is 5.73 Å². The van der Waals surface area contributed by atoms with Crippen LogP contribution in [0.2, 0.25) is 0 Å². The van der Waals surface area contributed by atoms with E-state index in [9.17, 15) is 0 Å². The molecule has 1 aromatic rings. The van der Waals surface area contributed by atoms with Crippen molar-refractivity contribution in [2.75, 3.05) is 13.2 Å². The maximum Gasteiger partial charge on any atom is 0.119 e. The highest BCUT2D eigenvalue weighted by Gasteiger charge is 2.05. The van der Waals surface area contributed by atoms with Gasteiger partial charge >= 0.3 is 0 Å². The Morgan fingerprint density at radius 3 is 2.62 bits per heavy atom. The molecule has 0 amide bonds. The lowest BCUT2D eigenvalue weighted by molar-refractivity contribution is 0.313. The molecule has 0 spiro atoms. The van der Waals surface area contributed by atoms with Crippen LogP contribution in [0.4, 0.5) is 0 Å². The van der Waals surface area contributed by atoms with Gasteiger partial charge in [-0.1, -0.05) is 18.2 Å². The summed E-state index contributed by atoms with van der Waals surface area (Å²) in [6.07, 6.45) is 5.09. The van der Waals surface area contributed by atoms with Crippen LogP contribution >= 0.6 is 0 Å². The predicted molar refractivity (Wildman–Crippen MR) is 54.5 cm³/mol. The number of hydrogen-bond acceptors (Lipinski definition) is 2. The molecule has 0 saturated carbocycles. The summed E-state index contributed by atoms with van der Waals surface area (Å²) < 4.78 is 5.50.